The number of nitrogens with zero attached hydrogens (tertiary/aromatic N) is 1. The number of nitrogens with one attached hydrogen (secondary N) is 1. The van der Waals surface area contributed by atoms with Crippen molar-refractivity contribution in [3.63, 3.8) is 0 Å². The SMILES string of the molecule is CC(C)(C)OC(=O)N1CC[C@]2(SC(F)(F)F)c3ccccc3N[C@H]12. The quantitative estimate of drug-likeness (QED) is 0.799. The summed E-state index contributed by atoms with van der Waals surface area (Å²) in [6.07, 6.45) is -1.17. The summed E-state index contributed by atoms with van der Waals surface area (Å²) in [5.74, 6) is 0. The van der Waals surface area contributed by atoms with Crippen LogP contribution in [0, 0.1) is 0 Å². The predicted octanol–water partition coefficient (Wildman–Crippen LogP) is 4.53. The van der Waals surface area contributed by atoms with E-state index in [2.05, 4.69) is 5.32 Å². The largest absolute Gasteiger partial charge is 0.444 e. The molecule has 1 N–H and O–H groups in total. The van der Waals surface area contributed by atoms with Crippen LogP contribution < -0.4 is 5.32 Å². The molecular formula is C16H19F3N2O2S. The zero-order valence-corrected chi connectivity index (χ0v) is 14.4. The van der Waals surface area contributed by atoms with E-state index in [9.17, 15) is 18.0 Å². The molecule has 2 aliphatic rings. The van der Waals surface area contributed by atoms with E-state index in [0.717, 1.165) is 0 Å². The standard InChI is InChI=1S/C16H19F3N2O2S/c1-14(2,3)23-13(22)21-9-8-15(24-16(17,18)19)10-6-4-5-7-11(10)20-12(15)21/h4-7,12,20H,8-9H2,1-3H3/t12-,15+/m1/s1. The third-order valence-electron chi connectivity index (χ3n) is 4.08. The molecule has 8 heteroatoms. The summed E-state index contributed by atoms with van der Waals surface area (Å²) in [5, 5.41) is 3.08. The van der Waals surface area contributed by atoms with E-state index in [1.54, 1.807) is 45.0 Å². The second-order valence-electron chi connectivity index (χ2n) is 6.95. The molecular weight excluding hydrogens is 341 g/mol. The Morgan fingerprint density at radius 1 is 1.33 bits per heavy atom. The Bertz CT molecular complexity index is 659. The molecule has 0 saturated carbocycles. The molecule has 4 nitrogen and oxygen atoms in total. The number of fused-ring (bicyclic) bond motifs is 3. The summed E-state index contributed by atoms with van der Waals surface area (Å²) in [5.41, 5.74) is -3.89. The van der Waals surface area contributed by atoms with Crippen LogP contribution >= 0.6 is 11.8 Å². The normalized spacial score (nSPS) is 25.9. The zero-order chi connectivity index (χ0) is 17.8. The number of halogens is 3. The van der Waals surface area contributed by atoms with Gasteiger partial charge in [0.2, 0.25) is 0 Å². The van der Waals surface area contributed by atoms with Crippen LogP contribution in [0.25, 0.3) is 0 Å². The molecule has 1 saturated heterocycles. The average Bonchev–Trinajstić information content (AvgIpc) is 2.88. The lowest BCUT2D eigenvalue weighted by atomic mass is 9.97. The molecule has 132 valence electrons. The van der Waals surface area contributed by atoms with Gasteiger partial charge in [0.25, 0.3) is 0 Å². The van der Waals surface area contributed by atoms with Gasteiger partial charge in [-0.3, -0.25) is 4.90 Å². The molecule has 0 bridgehead atoms. The highest BCUT2D eigenvalue weighted by Crippen LogP contribution is 2.59. The van der Waals surface area contributed by atoms with Crippen LogP contribution in [0.5, 0.6) is 0 Å². The summed E-state index contributed by atoms with van der Waals surface area (Å²) in [6, 6.07) is 6.91. The molecule has 24 heavy (non-hydrogen) atoms. The van der Waals surface area contributed by atoms with E-state index < -0.39 is 28.1 Å². The predicted molar refractivity (Wildman–Crippen MR) is 86.7 cm³/mol. The second kappa shape index (κ2) is 5.47. The summed E-state index contributed by atoms with van der Waals surface area (Å²) in [7, 11) is 0. The molecule has 0 aliphatic carbocycles. The summed E-state index contributed by atoms with van der Waals surface area (Å²) < 4.78 is 43.8. The molecule has 1 aromatic rings. The number of alkyl halides is 3. The highest BCUT2D eigenvalue weighted by molar-refractivity contribution is 8.01. The number of para-hydroxylation sites is 1. The Labute approximate surface area is 142 Å². The van der Waals surface area contributed by atoms with Crippen molar-refractivity contribution in [2.24, 2.45) is 0 Å². The topological polar surface area (TPSA) is 41.6 Å². The van der Waals surface area contributed by atoms with Crippen LogP contribution in [-0.4, -0.2) is 34.8 Å². The maximum Gasteiger partial charge on any atom is 0.442 e. The molecule has 0 unspecified atom stereocenters. The number of carbonyl (C=O) groups excluding carboxylic acids is 1. The highest BCUT2D eigenvalue weighted by atomic mass is 32.2. The lowest BCUT2D eigenvalue weighted by Crippen LogP contribution is -2.47. The number of amides is 1. The molecule has 1 aromatic carbocycles. The Balaban J connectivity index is 1.96. The maximum absolute atomic E-state index is 13.2. The van der Waals surface area contributed by atoms with E-state index >= 15 is 0 Å². The first-order valence-corrected chi connectivity index (χ1v) is 8.46. The third kappa shape index (κ3) is 3.03. The first-order valence-electron chi connectivity index (χ1n) is 7.64. The first kappa shape index (κ1) is 17.3. The van der Waals surface area contributed by atoms with Crippen LogP contribution in [0.3, 0.4) is 0 Å². The Kier molecular flexibility index (Phi) is 3.94. The summed E-state index contributed by atoms with van der Waals surface area (Å²) in [4.78, 5) is 13.8. The van der Waals surface area contributed by atoms with Crippen molar-refractivity contribution in [2.75, 3.05) is 11.9 Å². The van der Waals surface area contributed by atoms with Crippen molar-refractivity contribution in [1.29, 1.82) is 0 Å². The molecule has 2 heterocycles. The van der Waals surface area contributed by atoms with E-state index in [4.69, 9.17) is 4.74 Å². The Morgan fingerprint density at radius 2 is 2.00 bits per heavy atom. The van der Waals surface area contributed by atoms with E-state index in [1.807, 2.05) is 0 Å². The second-order valence-corrected chi connectivity index (χ2v) is 8.35. The lowest BCUT2D eigenvalue weighted by Gasteiger charge is -2.33. The molecule has 3 rings (SSSR count). The van der Waals surface area contributed by atoms with Crippen molar-refractivity contribution < 1.29 is 22.7 Å². The number of likely N-dealkylation sites (tertiary alicyclic amines) is 1. The van der Waals surface area contributed by atoms with E-state index in [0.29, 0.717) is 11.3 Å². The minimum Gasteiger partial charge on any atom is -0.444 e. The number of hydrogen-bond acceptors (Lipinski definition) is 4. The van der Waals surface area contributed by atoms with Crippen molar-refractivity contribution >= 4 is 23.5 Å². The van der Waals surface area contributed by atoms with Gasteiger partial charge in [0.1, 0.15) is 11.8 Å². The number of rotatable bonds is 1. The molecule has 0 spiro atoms. The van der Waals surface area contributed by atoms with Gasteiger partial charge in [-0.25, -0.2) is 4.79 Å². The Hall–Kier alpha value is -1.57. The fraction of sp³-hybridized carbons (Fsp3) is 0.562. The number of benzene rings is 1. The van der Waals surface area contributed by atoms with Gasteiger partial charge in [-0.1, -0.05) is 18.2 Å². The molecule has 0 radical (unpaired) electrons. The van der Waals surface area contributed by atoms with Gasteiger partial charge in [0.15, 0.2) is 0 Å². The summed E-state index contributed by atoms with van der Waals surface area (Å²) >= 11 is -0.0477. The monoisotopic (exact) mass is 360 g/mol. The number of anilines is 1. The van der Waals surface area contributed by atoms with Gasteiger partial charge < -0.3 is 10.1 Å². The fourth-order valence-electron chi connectivity index (χ4n) is 3.29. The van der Waals surface area contributed by atoms with Gasteiger partial charge in [-0.05, 0) is 50.6 Å². The number of hydrogen-bond donors (Lipinski definition) is 1. The van der Waals surface area contributed by atoms with Crippen LogP contribution in [0.4, 0.5) is 23.7 Å². The van der Waals surface area contributed by atoms with Crippen LogP contribution in [0.1, 0.15) is 32.8 Å². The van der Waals surface area contributed by atoms with Crippen molar-refractivity contribution in [3.05, 3.63) is 29.8 Å². The molecule has 1 amide bonds. The average molecular weight is 360 g/mol. The van der Waals surface area contributed by atoms with Gasteiger partial charge >= 0.3 is 11.6 Å². The fourth-order valence-corrected chi connectivity index (χ4v) is 4.48. The lowest BCUT2D eigenvalue weighted by molar-refractivity contribution is -0.0348. The van der Waals surface area contributed by atoms with Crippen molar-refractivity contribution in [2.45, 2.75) is 49.2 Å². The number of ether oxygens (including phenoxy) is 1. The molecule has 2 aliphatic heterocycles. The van der Waals surface area contributed by atoms with Crippen LogP contribution in [0.2, 0.25) is 0 Å². The first-order chi connectivity index (χ1) is 11.0. The van der Waals surface area contributed by atoms with Crippen LogP contribution in [0.15, 0.2) is 24.3 Å². The van der Waals surface area contributed by atoms with Gasteiger partial charge in [0, 0.05) is 12.2 Å². The smallest absolute Gasteiger partial charge is 0.442 e. The van der Waals surface area contributed by atoms with Gasteiger partial charge in [-0.2, -0.15) is 13.2 Å². The number of carbonyl (C=O) groups is 1. The molecule has 1 fully saturated rings. The van der Waals surface area contributed by atoms with Crippen molar-refractivity contribution in [3.8, 4) is 0 Å². The molecule has 0 aromatic heterocycles. The number of thioether (sulfide) groups is 1. The maximum atomic E-state index is 13.2. The minimum atomic E-state index is -4.40. The van der Waals surface area contributed by atoms with Gasteiger partial charge in [-0.15, -0.1) is 0 Å². The minimum absolute atomic E-state index is 0.0477. The Morgan fingerprint density at radius 3 is 2.62 bits per heavy atom. The van der Waals surface area contributed by atoms with E-state index in [-0.39, 0.29) is 24.7 Å². The highest BCUT2D eigenvalue weighted by Gasteiger charge is 2.60. The molecule has 2 atom stereocenters. The van der Waals surface area contributed by atoms with Crippen LogP contribution in [-0.2, 0) is 9.48 Å². The third-order valence-corrected chi connectivity index (χ3v) is 5.32. The van der Waals surface area contributed by atoms with Crippen molar-refractivity contribution in [1.82, 2.24) is 4.90 Å². The summed E-state index contributed by atoms with van der Waals surface area (Å²) in [6.45, 7) is 5.41. The zero-order valence-electron chi connectivity index (χ0n) is 13.6. The van der Waals surface area contributed by atoms with E-state index in [1.165, 1.54) is 4.90 Å². The van der Waals surface area contributed by atoms with Gasteiger partial charge in [0.05, 0.1) is 4.75 Å².